The van der Waals surface area contributed by atoms with E-state index in [4.69, 9.17) is 0 Å². The summed E-state index contributed by atoms with van der Waals surface area (Å²) in [6, 6.07) is 0. The number of piperidine rings is 1. The van der Waals surface area contributed by atoms with E-state index in [1.165, 1.54) is 17.9 Å². The Hall–Kier alpha value is -0.220. The standard InChI is InChI=1S/C17H31N5OS.HI/c1-18-15(20-11-17(21(2)3)6-8-24-13-17)22-7-4-5-16(12-22)9-14(23)19-10-16;/h4-13H2,1-3H3,(H,18,20)(H,19,23);1H. The highest BCUT2D eigenvalue weighted by atomic mass is 127. The lowest BCUT2D eigenvalue weighted by Gasteiger charge is -2.42. The highest BCUT2D eigenvalue weighted by Gasteiger charge is 2.43. The highest BCUT2D eigenvalue weighted by Crippen LogP contribution is 2.36. The van der Waals surface area contributed by atoms with Gasteiger partial charge in [0.25, 0.3) is 0 Å². The normalized spacial score (nSPS) is 32.9. The summed E-state index contributed by atoms with van der Waals surface area (Å²) < 4.78 is 0. The smallest absolute Gasteiger partial charge is 0.220 e. The first-order valence-electron chi connectivity index (χ1n) is 8.96. The van der Waals surface area contributed by atoms with E-state index in [2.05, 4.69) is 39.5 Å². The molecule has 144 valence electrons. The Bertz CT molecular complexity index is 509. The summed E-state index contributed by atoms with van der Waals surface area (Å²) in [4.78, 5) is 21.0. The van der Waals surface area contributed by atoms with Crippen molar-refractivity contribution in [2.24, 2.45) is 10.4 Å². The molecule has 3 aliphatic heterocycles. The van der Waals surface area contributed by atoms with Crippen LogP contribution in [-0.2, 0) is 4.79 Å². The van der Waals surface area contributed by atoms with Crippen LogP contribution in [0.25, 0.3) is 0 Å². The van der Waals surface area contributed by atoms with E-state index in [0.717, 1.165) is 45.0 Å². The largest absolute Gasteiger partial charge is 0.355 e. The van der Waals surface area contributed by atoms with Crippen LogP contribution < -0.4 is 10.6 Å². The van der Waals surface area contributed by atoms with E-state index >= 15 is 0 Å². The zero-order chi connectivity index (χ0) is 17.2. The van der Waals surface area contributed by atoms with Crippen molar-refractivity contribution in [2.75, 3.05) is 58.8 Å². The number of likely N-dealkylation sites (N-methyl/N-ethyl adjacent to an activating group) is 1. The number of likely N-dealkylation sites (tertiary alicyclic amines) is 1. The van der Waals surface area contributed by atoms with Crippen LogP contribution in [0.3, 0.4) is 0 Å². The number of carbonyl (C=O) groups is 1. The van der Waals surface area contributed by atoms with Crippen LogP contribution in [0.15, 0.2) is 4.99 Å². The van der Waals surface area contributed by atoms with Crippen LogP contribution in [0, 0.1) is 5.41 Å². The molecule has 0 aromatic rings. The number of amides is 1. The lowest BCUT2D eigenvalue weighted by Crippen LogP contribution is -2.57. The number of nitrogens with zero attached hydrogens (tertiary/aromatic N) is 3. The van der Waals surface area contributed by atoms with Crippen molar-refractivity contribution in [2.45, 2.75) is 31.2 Å². The summed E-state index contributed by atoms with van der Waals surface area (Å²) in [5, 5.41) is 6.66. The topological polar surface area (TPSA) is 60.0 Å². The third-order valence-corrected chi connectivity index (χ3v) is 7.21. The van der Waals surface area contributed by atoms with E-state index in [-0.39, 0.29) is 40.8 Å². The first-order valence-corrected chi connectivity index (χ1v) is 10.1. The van der Waals surface area contributed by atoms with Gasteiger partial charge in [-0.25, -0.2) is 0 Å². The second-order valence-electron chi connectivity index (χ2n) is 7.80. The number of hydrogen-bond acceptors (Lipinski definition) is 4. The van der Waals surface area contributed by atoms with Crippen LogP contribution in [0.1, 0.15) is 25.7 Å². The Morgan fingerprint density at radius 3 is 2.80 bits per heavy atom. The summed E-state index contributed by atoms with van der Waals surface area (Å²) in [6.07, 6.45) is 4.15. The minimum absolute atomic E-state index is 0. The zero-order valence-electron chi connectivity index (χ0n) is 15.6. The van der Waals surface area contributed by atoms with E-state index in [9.17, 15) is 4.79 Å². The molecule has 1 spiro atoms. The second-order valence-corrected chi connectivity index (χ2v) is 8.91. The third-order valence-electron chi connectivity index (χ3n) is 5.98. The van der Waals surface area contributed by atoms with Gasteiger partial charge in [0, 0.05) is 56.4 Å². The van der Waals surface area contributed by atoms with Gasteiger partial charge in [-0.05, 0) is 39.1 Å². The summed E-state index contributed by atoms with van der Waals surface area (Å²) >= 11 is 2.04. The monoisotopic (exact) mass is 481 g/mol. The molecule has 3 saturated heterocycles. The van der Waals surface area contributed by atoms with Gasteiger partial charge in [-0.3, -0.25) is 9.79 Å². The molecule has 2 unspecified atom stereocenters. The van der Waals surface area contributed by atoms with Crippen molar-refractivity contribution in [3.05, 3.63) is 0 Å². The molecular weight excluding hydrogens is 449 g/mol. The molecule has 2 N–H and O–H groups in total. The molecule has 1 amide bonds. The number of nitrogens with one attached hydrogen (secondary N) is 2. The summed E-state index contributed by atoms with van der Waals surface area (Å²) in [5.41, 5.74) is 0.328. The van der Waals surface area contributed by atoms with Gasteiger partial charge >= 0.3 is 0 Å². The van der Waals surface area contributed by atoms with Crippen molar-refractivity contribution in [3.8, 4) is 0 Å². The van der Waals surface area contributed by atoms with Gasteiger partial charge in [0.15, 0.2) is 5.96 Å². The average molecular weight is 481 g/mol. The Morgan fingerprint density at radius 2 is 2.24 bits per heavy atom. The summed E-state index contributed by atoms with van der Waals surface area (Å²) in [7, 11) is 6.23. The quantitative estimate of drug-likeness (QED) is 0.361. The van der Waals surface area contributed by atoms with Crippen LogP contribution in [-0.4, -0.2) is 86.0 Å². The van der Waals surface area contributed by atoms with Gasteiger partial charge in [0.05, 0.1) is 0 Å². The molecular formula is C17H32IN5OS. The number of aliphatic imine (C=N–C) groups is 1. The predicted molar refractivity (Wildman–Crippen MR) is 116 cm³/mol. The Kier molecular flexibility index (Phi) is 7.29. The maximum Gasteiger partial charge on any atom is 0.220 e. The van der Waals surface area contributed by atoms with Crippen molar-refractivity contribution < 1.29 is 4.79 Å². The number of guanidine groups is 1. The SMILES string of the molecule is CN=C(NCC1(N(C)C)CCSC1)N1CCCC2(CNC(=O)C2)C1.I. The Balaban J connectivity index is 0.00000225. The number of halogens is 1. The van der Waals surface area contributed by atoms with E-state index in [1.807, 2.05) is 18.8 Å². The summed E-state index contributed by atoms with van der Waals surface area (Å²) in [6.45, 7) is 3.70. The van der Waals surface area contributed by atoms with E-state index in [1.54, 1.807) is 0 Å². The lowest BCUT2D eigenvalue weighted by atomic mass is 9.79. The molecule has 3 aliphatic rings. The number of carbonyl (C=O) groups excluding carboxylic acids is 1. The Morgan fingerprint density at radius 1 is 1.44 bits per heavy atom. The van der Waals surface area contributed by atoms with Crippen molar-refractivity contribution in [1.82, 2.24) is 20.4 Å². The van der Waals surface area contributed by atoms with E-state index < -0.39 is 0 Å². The van der Waals surface area contributed by atoms with Crippen molar-refractivity contribution in [1.29, 1.82) is 0 Å². The molecule has 0 radical (unpaired) electrons. The fourth-order valence-electron chi connectivity index (χ4n) is 4.25. The first-order chi connectivity index (χ1) is 11.5. The molecule has 2 atom stereocenters. The molecule has 6 nitrogen and oxygen atoms in total. The van der Waals surface area contributed by atoms with Gasteiger partial charge in [0.1, 0.15) is 0 Å². The summed E-state index contributed by atoms with van der Waals surface area (Å²) in [5.74, 6) is 3.60. The van der Waals surface area contributed by atoms with Crippen LogP contribution in [0.4, 0.5) is 0 Å². The molecule has 0 saturated carbocycles. The fourth-order valence-corrected chi connectivity index (χ4v) is 5.80. The Labute approximate surface area is 173 Å². The molecule has 0 aromatic heterocycles. The van der Waals surface area contributed by atoms with Crippen LogP contribution in [0.2, 0.25) is 0 Å². The molecule has 3 rings (SSSR count). The predicted octanol–water partition coefficient (Wildman–Crippen LogP) is 1.22. The first kappa shape index (κ1) is 21.1. The van der Waals surface area contributed by atoms with Gasteiger partial charge in [-0.2, -0.15) is 11.8 Å². The van der Waals surface area contributed by atoms with Crippen LogP contribution in [0.5, 0.6) is 0 Å². The molecule has 8 heteroatoms. The highest BCUT2D eigenvalue weighted by molar-refractivity contribution is 14.0. The number of hydrogen-bond donors (Lipinski definition) is 2. The number of rotatable bonds is 3. The zero-order valence-corrected chi connectivity index (χ0v) is 18.8. The van der Waals surface area contributed by atoms with Gasteiger partial charge in [0.2, 0.25) is 5.91 Å². The average Bonchev–Trinajstić information content (AvgIpc) is 3.17. The van der Waals surface area contributed by atoms with Gasteiger partial charge in [-0.15, -0.1) is 24.0 Å². The maximum atomic E-state index is 11.7. The molecule has 0 bridgehead atoms. The molecule has 0 aromatic carbocycles. The van der Waals surface area contributed by atoms with Gasteiger partial charge < -0.3 is 20.4 Å². The maximum absolute atomic E-state index is 11.7. The number of thioether (sulfide) groups is 1. The van der Waals surface area contributed by atoms with Crippen molar-refractivity contribution >= 4 is 47.6 Å². The molecule has 3 fully saturated rings. The van der Waals surface area contributed by atoms with E-state index in [0.29, 0.717) is 6.42 Å². The lowest BCUT2D eigenvalue weighted by molar-refractivity contribution is -0.119. The molecule has 0 aliphatic carbocycles. The minimum atomic E-state index is 0. The van der Waals surface area contributed by atoms with Crippen molar-refractivity contribution in [3.63, 3.8) is 0 Å². The fraction of sp³-hybridized carbons (Fsp3) is 0.882. The molecule has 25 heavy (non-hydrogen) atoms. The second kappa shape index (κ2) is 8.65. The minimum Gasteiger partial charge on any atom is -0.355 e. The third kappa shape index (κ3) is 4.55. The van der Waals surface area contributed by atoms with Gasteiger partial charge in [-0.1, -0.05) is 0 Å². The van der Waals surface area contributed by atoms with Crippen LogP contribution >= 0.6 is 35.7 Å². The molecule has 3 heterocycles.